The predicted molar refractivity (Wildman–Crippen MR) is 149 cm³/mol. The second-order valence-corrected chi connectivity index (χ2v) is 9.89. The van der Waals surface area contributed by atoms with Crippen molar-refractivity contribution >= 4 is 51.7 Å². The number of nitrogens with one attached hydrogen (secondary N) is 1. The average Bonchev–Trinajstić information content (AvgIpc) is 3.21. The summed E-state index contributed by atoms with van der Waals surface area (Å²) < 4.78 is 40.8. The van der Waals surface area contributed by atoms with Crippen LogP contribution < -0.4 is 5.32 Å². The molecule has 0 aliphatic carbocycles. The number of fused-ring (bicyclic) bond motifs is 1. The van der Waals surface area contributed by atoms with Crippen LogP contribution in [-0.4, -0.2) is 21.6 Å². The van der Waals surface area contributed by atoms with E-state index in [0.717, 1.165) is 12.1 Å². The van der Waals surface area contributed by atoms with Gasteiger partial charge in [0, 0.05) is 27.5 Å². The quantitative estimate of drug-likeness (QED) is 0.210. The molecule has 0 fully saturated rings. The second kappa shape index (κ2) is 10.7. The first kappa shape index (κ1) is 27.3. The average molecular weight is 583 g/mol. The minimum absolute atomic E-state index is 0.0865. The van der Waals surface area contributed by atoms with E-state index in [2.05, 4.69) is 5.32 Å². The molecule has 0 radical (unpaired) electrons. The number of hydrogen-bond acceptors (Lipinski definition) is 2. The van der Waals surface area contributed by atoms with Gasteiger partial charge in [0.05, 0.1) is 16.8 Å². The number of carboxylic acid groups (broad SMARTS) is 1. The highest BCUT2D eigenvalue weighted by Gasteiger charge is 2.30. The number of nitrogens with zero attached hydrogens (tertiary/aromatic N) is 1. The van der Waals surface area contributed by atoms with Crippen LogP contribution in [0.4, 0.5) is 18.9 Å². The first-order chi connectivity index (χ1) is 19.0. The maximum atomic E-state index is 13.1. The van der Waals surface area contributed by atoms with Crippen LogP contribution in [0.2, 0.25) is 10.0 Å². The lowest BCUT2D eigenvalue weighted by molar-refractivity contribution is -0.137. The van der Waals surface area contributed by atoms with E-state index < -0.39 is 23.6 Å². The van der Waals surface area contributed by atoms with Gasteiger partial charge >= 0.3 is 12.1 Å². The van der Waals surface area contributed by atoms with Crippen molar-refractivity contribution < 1.29 is 27.9 Å². The van der Waals surface area contributed by atoms with Crippen LogP contribution in [0.3, 0.4) is 0 Å². The molecular formula is C30H19Cl2F3N2O3. The summed E-state index contributed by atoms with van der Waals surface area (Å²) in [6, 6.07) is 22.7. The number of carboxylic acids is 1. The van der Waals surface area contributed by atoms with Gasteiger partial charge in [-0.05, 0) is 71.3 Å². The summed E-state index contributed by atoms with van der Waals surface area (Å²) in [5.74, 6) is -1.81. The second-order valence-electron chi connectivity index (χ2n) is 9.01. The van der Waals surface area contributed by atoms with Crippen LogP contribution in [0.5, 0.6) is 0 Å². The van der Waals surface area contributed by atoms with Gasteiger partial charge in [0.2, 0.25) is 0 Å². The van der Waals surface area contributed by atoms with Crippen LogP contribution in [0.15, 0.2) is 91.0 Å². The lowest BCUT2D eigenvalue weighted by Crippen LogP contribution is -2.16. The highest BCUT2D eigenvalue weighted by molar-refractivity contribution is 6.31. The normalized spacial score (nSPS) is 11.5. The molecule has 10 heteroatoms. The number of aromatic nitrogens is 1. The highest BCUT2D eigenvalue weighted by Crippen LogP contribution is 2.37. The standard InChI is InChI=1S/C30H19Cl2F3N2O3/c31-22-11-6-19(7-12-22)28(38)36-26-24-13-8-20(18-4-9-21(10-5-18)30(33,34)35)15-25(24)37(27(26)29(39)40)16-17-2-1-3-23(32)14-17/h1-15H,16H2,(H,36,38)(H,39,40). The number of alkyl halides is 3. The van der Waals surface area contributed by atoms with E-state index in [4.69, 9.17) is 23.2 Å². The molecule has 1 heterocycles. The molecule has 202 valence electrons. The minimum atomic E-state index is -4.47. The van der Waals surface area contributed by atoms with E-state index in [1.54, 1.807) is 54.6 Å². The Labute approximate surface area is 236 Å². The van der Waals surface area contributed by atoms with Gasteiger partial charge in [-0.3, -0.25) is 4.79 Å². The fourth-order valence-corrected chi connectivity index (χ4v) is 4.84. The molecule has 1 aromatic heterocycles. The molecule has 1 amide bonds. The molecule has 0 bridgehead atoms. The topological polar surface area (TPSA) is 71.3 Å². The molecule has 0 saturated carbocycles. The zero-order chi connectivity index (χ0) is 28.6. The number of benzene rings is 4. The molecule has 0 unspecified atom stereocenters. The Morgan fingerprint density at radius 2 is 1.50 bits per heavy atom. The largest absolute Gasteiger partial charge is 0.477 e. The van der Waals surface area contributed by atoms with Crippen LogP contribution in [-0.2, 0) is 12.7 Å². The number of hydrogen-bond donors (Lipinski definition) is 2. The summed E-state index contributed by atoms with van der Waals surface area (Å²) in [4.78, 5) is 25.7. The summed E-state index contributed by atoms with van der Waals surface area (Å²) in [6.07, 6.45) is -4.47. The van der Waals surface area contributed by atoms with Gasteiger partial charge < -0.3 is 15.0 Å². The molecule has 40 heavy (non-hydrogen) atoms. The summed E-state index contributed by atoms with van der Waals surface area (Å²) >= 11 is 12.1. The molecule has 0 aliphatic rings. The summed E-state index contributed by atoms with van der Waals surface area (Å²) in [5, 5.41) is 14.4. The van der Waals surface area contributed by atoms with Crippen LogP contribution in [0.1, 0.15) is 32.0 Å². The van der Waals surface area contributed by atoms with Crippen molar-refractivity contribution in [2.45, 2.75) is 12.7 Å². The number of anilines is 1. The maximum Gasteiger partial charge on any atom is 0.416 e. The Balaban J connectivity index is 1.67. The Morgan fingerprint density at radius 1 is 0.825 bits per heavy atom. The molecule has 0 saturated heterocycles. The number of carbonyl (C=O) groups is 2. The van der Waals surface area contributed by atoms with Gasteiger partial charge in [-0.2, -0.15) is 13.2 Å². The fraction of sp³-hybridized carbons (Fsp3) is 0.0667. The SMILES string of the molecule is O=C(Nc1c(C(=O)O)n(Cc2cccc(Cl)c2)c2cc(-c3ccc(C(F)(F)F)cc3)ccc12)c1ccc(Cl)cc1. The first-order valence-corrected chi connectivity index (χ1v) is 12.7. The third kappa shape index (κ3) is 5.54. The molecule has 0 spiro atoms. The Kier molecular flexibility index (Phi) is 7.31. The molecule has 5 aromatic rings. The van der Waals surface area contributed by atoms with Gasteiger partial charge in [0.15, 0.2) is 5.69 Å². The van der Waals surface area contributed by atoms with E-state index in [1.165, 1.54) is 28.8 Å². The molecule has 5 nitrogen and oxygen atoms in total. The van der Waals surface area contributed by atoms with Crippen molar-refractivity contribution in [3.63, 3.8) is 0 Å². The van der Waals surface area contributed by atoms with Crippen molar-refractivity contribution in [3.05, 3.63) is 123 Å². The summed E-state index contributed by atoms with van der Waals surface area (Å²) in [7, 11) is 0. The maximum absolute atomic E-state index is 13.1. The van der Waals surface area contributed by atoms with Crippen molar-refractivity contribution in [1.82, 2.24) is 4.57 Å². The van der Waals surface area contributed by atoms with Crippen molar-refractivity contribution in [1.29, 1.82) is 0 Å². The fourth-order valence-electron chi connectivity index (χ4n) is 4.50. The molecule has 0 aliphatic heterocycles. The Hall–Kier alpha value is -4.27. The van der Waals surface area contributed by atoms with Crippen molar-refractivity contribution in [2.24, 2.45) is 0 Å². The van der Waals surface area contributed by atoms with E-state index in [1.807, 2.05) is 0 Å². The predicted octanol–water partition coefficient (Wildman–Crippen LogP) is 8.63. The lowest BCUT2D eigenvalue weighted by atomic mass is 10.0. The zero-order valence-electron chi connectivity index (χ0n) is 20.5. The van der Waals surface area contributed by atoms with Crippen molar-refractivity contribution in [3.8, 4) is 11.1 Å². The third-order valence-corrected chi connectivity index (χ3v) is 6.87. The van der Waals surface area contributed by atoms with E-state index in [-0.39, 0.29) is 23.5 Å². The van der Waals surface area contributed by atoms with Gasteiger partial charge in [-0.1, -0.05) is 59.6 Å². The smallest absolute Gasteiger partial charge is 0.416 e. The van der Waals surface area contributed by atoms with Crippen molar-refractivity contribution in [2.75, 3.05) is 5.32 Å². The van der Waals surface area contributed by atoms with E-state index in [0.29, 0.717) is 37.6 Å². The number of amides is 1. The molecule has 5 rings (SSSR count). The first-order valence-electron chi connectivity index (χ1n) is 11.9. The van der Waals surface area contributed by atoms with E-state index >= 15 is 0 Å². The molecule has 4 aromatic carbocycles. The Morgan fingerprint density at radius 3 is 2.12 bits per heavy atom. The van der Waals surface area contributed by atoms with Gasteiger partial charge in [-0.25, -0.2) is 4.79 Å². The van der Waals surface area contributed by atoms with E-state index in [9.17, 15) is 27.9 Å². The highest BCUT2D eigenvalue weighted by atomic mass is 35.5. The summed E-state index contributed by atoms with van der Waals surface area (Å²) in [6.45, 7) is 0.103. The lowest BCUT2D eigenvalue weighted by Gasteiger charge is -2.11. The zero-order valence-corrected chi connectivity index (χ0v) is 22.0. The minimum Gasteiger partial charge on any atom is -0.477 e. The van der Waals surface area contributed by atoms with Gasteiger partial charge in [0.25, 0.3) is 5.91 Å². The number of rotatable bonds is 6. The number of halogens is 5. The summed E-state index contributed by atoms with van der Waals surface area (Å²) in [5.41, 5.74) is 1.67. The molecule has 2 N–H and O–H groups in total. The molecule has 0 atom stereocenters. The third-order valence-electron chi connectivity index (χ3n) is 6.39. The Bertz CT molecular complexity index is 1750. The van der Waals surface area contributed by atoms with Gasteiger partial charge in [-0.15, -0.1) is 0 Å². The van der Waals surface area contributed by atoms with Crippen LogP contribution in [0, 0.1) is 0 Å². The number of aromatic carboxylic acids is 1. The van der Waals surface area contributed by atoms with Gasteiger partial charge in [0.1, 0.15) is 0 Å². The van der Waals surface area contributed by atoms with Crippen LogP contribution >= 0.6 is 23.2 Å². The number of carbonyl (C=O) groups excluding carboxylic acids is 1. The monoisotopic (exact) mass is 582 g/mol. The van der Waals surface area contributed by atoms with Crippen LogP contribution in [0.25, 0.3) is 22.0 Å². The molecular weight excluding hydrogens is 564 g/mol.